The highest BCUT2D eigenvalue weighted by Crippen LogP contribution is 2.21. The Labute approximate surface area is 143 Å². The molecule has 8 heteroatoms. The SMILES string of the molecule is C/C(CC(=O)Nc1ccccn1)=N/NC(=O)c1cc(Cl)ccc1O. The van der Waals surface area contributed by atoms with Crippen molar-refractivity contribution in [1.82, 2.24) is 10.4 Å². The van der Waals surface area contributed by atoms with Crippen LogP contribution < -0.4 is 10.7 Å². The molecule has 2 rings (SSSR count). The highest BCUT2D eigenvalue weighted by Gasteiger charge is 2.11. The molecule has 0 saturated carbocycles. The molecule has 0 unspecified atom stereocenters. The largest absolute Gasteiger partial charge is 0.507 e. The number of hydrogen-bond donors (Lipinski definition) is 3. The fraction of sp³-hybridized carbons (Fsp3) is 0.125. The van der Waals surface area contributed by atoms with Gasteiger partial charge < -0.3 is 10.4 Å². The van der Waals surface area contributed by atoms with E-state index in [1.165, 1.54) is 18.2 Å². The number of hydrogen-bond acceptors (Lipinski definition) is 5. The summed E-state index contributed by atoms with van der Waals surface area (Å²) in [5, 5.41) is 16.4. The number of aromatic nitrogens is 1. The van der Waals surface area contributed by atoms with Crippen LogP contribution in [0.3, 0.4) is 0 Å². The molecular formula is C16H15ClN4O3. The number of hydrazone groups is 1. The Bertz CT molecular complexity index is 778. The summed E-state index contributed by atoms with van der Waals surface area (Å²) in [4.78, 5) is 27.8. The molecule has 0 aliphatic heterocycles. The third-order valence-electron chi connectivity index (χ3n) is 2.90. The number of pyridine rings is 1. The Morgan fingerprint density at radius 3 is 2.79 bits per heavy atom. The minimum atomic E-state index is -0.625. The minimum Gasteiger partial charge on any atom is -0.507 e. The number of halogens is 1. The van der Waals surface area contributed by atoms with Gasteiger partial charge in [-0.15, -0.1) is 0 Å². The van der Waals surface area contributed by atoms with E-state index in [2.05, 4.69) is 20.8 Å². The van der Waals surface area contributed by atoms with Gasteiger partial charge in [0.1, 0.15) is 11.6 Å². The van der Waals surface area contributed by atoms with Crippen LogP contribution in [0.1, 0.15) is 23.7 Å². The zero-order chi connectivity index (χ0) is 17.5. The molecule has 0 aliphatic carbocycles. The number of carbonyl (C=O) groups is 2. The molecule has 0 bridgehead atoms. The molecule has 7 nitrogen and oxygen atoms in total. The number of nitrogens with one attached hydrogen (secondary N) is 2. The second-order valence-corrected chi connectivity index (χ2v) is 5.33. The summed E-state index contributed by atoms with van der Waals surface area (Å²) in [6.45, 7) is 1.59. The van der Waals surface area contributed by atoms with E-state index < -0.39 is 5.91 Å². The molecule has 1 aromatic heterocycles. The number of anilines is 1. The first-order valence-electron chi connectivity index (χ1n) is 6.98. The maximum absolute atomic E-state index is 12.0. The number of phenolic OH excluding ortho intramolecular Hbond substituents is 1. The van der Waals surface area contributed by atoms with E-state index in [1.54, 1.807) is 31.3 Å². The fourth-order valence-electron chi connectivity index (χ4n) is 1.79. The van der Waals surface area contributed by atoms with Gasteiger partial charge in [0.15, 0.2) is 0 Å². The van der Waals surface area contributed by atoms with Gasteiger partial charge in [-0.05, 0) is 37.3 Å². The summed E-state index contributed by atoms with van der Waals surface area (Å²) < 4.78 is 0. The normalized spacial score (nSPS) is 11.0. The van der Waals surface area contributed by atoms with Gasteiger partial charge >= 0.3 is 0 Å². The molecule has 1 aromatic carbocycles. The summed E-state index contributed by atoms with van der Waals surface area (Å²) in [7, 11) is 0. The van der Waals surface area contributed by atoms with Gasteiger partial charge in [0, 0.05) is 16.9 Å². The molecule has 0 atom stereocenters. The van der Waals surface area contributed by atoms with Crippen LogP contribution in [0.4, 0.5) is 5.82 Å². The molecule has 124 valence electrons. The van der Waals surface area contributed by atoms with Crippen LogP contribution in [0.25, 0.3) is 0 Å². The lowest BCUT2D eigenvalue weighted by Crippen LogP contribution is -2.21. The maximum Gasteiger partial charge on any atom is 0.275 e. The molecule has 0 saturated heterocycles. The Hall–Kier alpha value is -2.93. The summed E-state index contributed by atoms with van der Waals surface area (Å²) >= 11 is 5.78. The van der Waals surface area contributed by atoms with Crippen molar-refractivity contribution in [3.8, 4) is 5.75 Å². The number of benzene rings is 1. The van der Waals surface area contributed by atoms with Gasteiger partial charge in [-0.2, -0.15) is 5.10 Å². The molecule has 0 fully saturated rings. The molecule has 0 spiro atoms. The predicted octanol–water partition coefficient (Wildman–Crippen LogP) is 2.58. The molecular weight excluding hydrogens is 332 g/mol. The van der Waals surface area contributed by atoms with E-state index in [0.29, 0.717) is 16.6 Å². The monoisotopic (exact) mass is 346 g/mol. The molecule has 24 heavy (non-hydrogen) atoms. The van der Waals surface area contributed by atoms with Crippen LogP contribution in [-0.2, 0) is 4.79 Å². The number of phenols is 1. The van der Waals surface area contributed by atoms with Gasteiger partial charge in [-0.25, -0.2) is 10.4 Å². The Kier molecular flexibility index (Phi) is 5.86. The van der Waals surface area contributed by atoms with E-state index in [4.69, 9.17) is 11.6 Å². The number of rotatable bonds is 5. The van der Waals surface area contributed by atoms with Crippen molar-refractivity contribution in [3.63, 3.8) is 0 Å². The van der Waals surface area contributed by atoms with E-state index in [-0.39, 0.29) is 23.6 Å². The fourth-order valence-corrected chi connectivity index (χ4v) is 1.96. The van der Waals surface area contributed by atoms with E-state index in [0.717, 1.165) is 0 Å². The highest BCUT2D eigenvalue weighted by atomic mass is 35.5. The third kappa shape index (κ3) is 5.06. The molecule has 2 amide bonds. The highest BCUT2D eigenvalue weighted by molar-refractivity contribution is 6.31. The van der Waals surface area contributed by atoms with E-state index >= 15 is 0 Å². The van der Waals surface area contributed by atoms with Gasteiger partial charge in [0.05, 0.1) is 12.0 Å². The zero-order valence-electron chi connectivity index (χ0n) is 12.8. The van der Waals surface area contributed by atoms with Crippen molar-refractivity contribution in [2.75, 3.05) is 5.32 Å². The van der Waals surface area contributed by atoms with Crippen molar-refractivity contribution >= 4 is 34.9 Å². The van der Waals surface area contributed by atoms with Crippen LogP contribution in [0.2, 0.25) is 5.02 Å². The molecule has 3 N–H and O–H groups in total. The first kappa shape index (κ1) is 17.4. The number of nitrogens with zero attached hydrogens (tertiary/aromatic N) is 2. The average Bonchev–Trinajstić information content (AvgIpc) is 2.55. The lowest BCUT2D eigenvalue weighted by atomic mass is 10.2. The maximum atomic E-state index is 12.0. The van der Waals surface area contributed by atoms with Gasteiger partial charge in [-0.3, -0.25) is 9.59 Å². The quantitative estimate of drug-likeness (QED) is 0.571. The van der Waals surface area contributed by atoms with E-state index in [9.17, 15) is 14.7 Å². The first-order chi connectivity index (χ1) is 11.5. The molecule has 2 aromatic rings. The Morgan fingerprint density at radius 2 is 2.08 bits per heavy atom. The summed E-state index contributed by atoms with van der Waals surface area (Å²) in [5.41, 5.74) is 2.66. The molecule has 0 aliphatic rings. The van der Waals surface area contributed by atoms with Crippen molar-refractivity contribution in [1.29, 1.82) is 0 Å². The molecule has 0 radical (unpaired) electrons. The standard InChI is InChI=1S/C16H15ClN4O3/c1-10(8-15(23)19-14-4-2-3-7-18-14)20-21-16(24)12-9-11(17)5-6-13(12)22/h2-7,9,22H,8H2,1H3,(H,21,24)(H,18,19,23)/b20-10-. The first-order valence-corrected chi connectivity index (χ1v) is 7.36. The van der Waals surface area contributed by atoms with Gasteiger partial charge in [0.25, 0.3) is 5.91 Å². The minimum absolute atomic E-state index is 0.00279. The van der Waals surface area contributed by atoms with Crippen molar-refractivity contribution in [2.45, 2.75) is 13.3 Å². The van der Waals surface area contributed by atoms with Crippen molar-refractivity contribution < 1.29 is 14.7 Å². The third-order valence-corrected chi connectivity index (χ3v) is 3.14. The van der Waals surface area contributed by atoms with Crippen molar-refractivity contribution in [3.05, 3.63) is 53.2 Å². The Morgan fingerprint density at radius 1 is 1.29 bits per heavy atom. The number of amides is 2. The van der Waals surface area contributed by atoms with Crippen LogP contribution in [0, 0.1) is 0 Å². The van der Waals surface area contributed by atoms with Crippen LogP contribution >= 0.6 is 11.6 Å². The van der Waals surface area contributed by atoms with Crippen LogP contribution in [-0.4, -0.2) is 27.6 Å². The van der Waals surface area contributed by atoms with Crippen LogP contribution in [0.5, 0.6) is 5.75 Å². The van der Waals surface area contributed by atoms with Crippen LogP contribution in [0.15, 0.2) is 47.7 Å². The summed E-state index contributed by atoms with van der Waals surface area (Å²) in [6, 6.07) is 9.25. The summed E-state index contributed by atoms with van der Waals surface area (Å²) in [5.74, 6) is -0.713. The summed E-state index contributed by atoms with van der Waals surface area (Å²) in [6.07, 6.45) is 1.55. The molecule has 1 heterocycles. The lowest BCUT2D eigenvalue weighted by Gasteiger charge is -2.06. The second kappa shape index (κ2) is 8.07. The van der Waals surface area contributed by atoms with E-state index in [1.807, 2.05) is 0 Å². The Balaban J connectivity index is 1.92. The number of aromatic hydroxyl groups is 1. The number of carbonyl (C=O) groups excluding carboxylic acids is 2. The second-order valence-electron chi connectivity index (χ2n) is 4.89. The predicted molar refractivity (Wildman–Crippen MR) is 91.2 cm³/mol. The van der Waals surface area contributed by atoms with Crippen molar-refractivity contribution in [2.24, 2.45) is 5.10 Å². The van der Waals surface area contributed by atoms with Gasteiger partial charge in [0.2, 0.25) is 5.91 Å². The smallest absolute Gasteiger partial charge is 0.275 e. The topological polar surface area (TPSA) is 104 Å². The average molecular weight is 347 g/mol. The zero-order valence-corrected chi connectivity index (χ0v) is 13.5. The van der Waals surface area contributed by atoms with Gasteiger partial charge in [-0.1, -0.05) is 17.7 Å². The lowest BCUT2D eigenvalue weighted by molar-refractivity contribution is -0.115.